The highest BCUT2D eigenvalue weighted by atomic mass is 19.1. The number of benzene rings is 1. The lowest BCUT2D eigenvalue weighted by molar-refractivity contribution is 0.153. The van der Waals surface area contributed by atoms with Crippen LogP contribution < -0.4 is 15.8 Å². The van der Waals surface area contributed by atoms with E-state index in [0.29, 0.717) is 13.2 Å². The molecule has 0 aromatic heterocycles. The van der Waals surface area contributed by atoms with Gasteiger partial charge in [0.1, 0.15) is 0 Å². The Morgan fingerprint density at radius 2 is 2.12 bits per heavy atom. The van der Waals surface area contributed by atoms with Gasteiger partial charge in [-0.05, 0) is 19.1 Å². The first-order valence-electron chi connectivity index (χ1n) is 5.35. The second-order valence-corrected chi connectivity index (χ2v) is 4.17. The van der Waals surface area contributed by atoms with Crippen molar-refractivity contribution in [3.8, 4) is 5.75 Å². The number of hydrogen-bond donors (Lipinski definition) is 2. The number of nitrogens with one attached hydrogen (secondary N) is 1. The van der Waals surface area contributed by atoms with Gasteiger partial charge in [-0.15, -0.1) is 0 Å². The Bertz CT molecular complexity index is 374. The van der Waals surface area contributed by atoms with Gasteiger partial charge in [0, 0.05) is 25.4 Å². The molecule has 0 heterocycles. The van der Waals surface area contributed by atoms with Crippen molar-refractivity contribution in [2.24, 2.45) is 5.73 Å². The maximum atomic E-state index is 13.2. The molecule has 0 saturated carbocycles. The summed E-state index contributed by atoms with van der Waals surface area (Å²) in [5, 5.41) is 3.21. The zero-order chi connectivity index (χ0) is 12.9. The molecule has 96 valence electrons. The van der Waals surface area contributed by atoms with E-state index in [2.05, 4.69) is 5.32 Å². The molecular weight excluding hydrogens is 223 g/mol. The summed E-state index contributed by atoms with van der Waals surface area (Å²) >= 11 is 0. The van der Waals surface area contributed by atoms with Gasteiger partial charge in [0.25, 0.3) is 0 Å². The molecule has 1 atom stereocenters. The van der Waals surface area contributed by atoms with Crippen LogP contribution in [0.3, 0.4) is 0 Å². The van der Waals surface area contributed by atoms with E-state index in [1.54, 1.807) is 19.2 Å². The standard InChI is InChI=1S/C12H19FN2O2/c1-12(7-14,8-16-2)15-9-4-5-10(13)11(6-9)17-3/h4-6,15H,7-8,14H2,1-3H3. The van der Waals surface area contributed by atoms with Crippen molar-refractivity contribution in [2.45, 2.75) is 12.5 Å². The van der Waals surface area contributed by atoms with E-state index < -0.39 is 5.54 Å². The van der Waals surface area contributed by atoms with Crippen molar-refractivity contribution < 1.29 is 13.9 Å². The summed E-state index contributed by atoms with van der Waals surface area (Å²) in [6, 6.07) is 4.59. The van der Waals surface area contributed by atoms with Crippen LogP contribution in [-0.2, 0) is 4.74 Å². The first-order chi connectivity index (χ1) is 8.04. The highest BCUT2D eigenvalue weighted by Crippen LogP contribution is 2.23. The lowest BCUT2D eigenvalue weighted by Gasteiger charge is -2.29. The normalized spacial score (nSPS) is 14.2. The van der Waals surface area contributed by atoms with Crippen LogP contribution in [0.4, 0.5) is 10.1 Å². The van der Waals surface area contributed by atoms with Gasteiger partial charge in [0.05, 0.1) is 19.3 Å². The SMILES string of the molecule is COCC(C)(CN)Nc1ccc(F)c(OC)c1. The Morgan fingerprint density at radius 3 is 2.65 bits per heavy atom. The largest absolute Gasteiger partial charge is 0.494 e. The molecule has 0 aliphatic rings. The molecule has 0 amide bonds. The summed E-state index contributed by atoms with van der Waals surface area (Å²) in [4.78, 5) is 0. The van der Waals surface area contributed by atoms with Gasteiger partial charge < -0.3 is 20.5 Å². The van der Waals surface area contributed by atoms with Crippen LogP contribution in [0.2, 0.25) is 0 Å². The Hall–Kier alpha value is -1.33. The van der Waals surface area contributed by atoms with Crippen molar-refractivity contribution in [1.29, 1.82) is 0 Å². The molecular formula is C12H19FN2O2. The van der Waals surface area contributed by atoms with Gasteiger partial charge in [-0.1, -0.05) is 0 Å². The number of ether oxygens (including phenoxy) is 2. The third-order valence-corrected chi connectivity index (χ3v) is 2.51. The van der Waals surface area contributed by atoms with E-state index in [9.17, 15) is 4.39 Å². The maximum Gasteiger partial charge on any atom is 0.165 e. The smallest absolute Gasteiger partial charge is 0.165 e. The average Bonchev–Trinajstić information content (AvgIpc) is 2.32. The van der Waals surface area contributed by atoms with Gasteiger partial charge in [-0.3, -0.25) is 0 Å². The van der Waals surface area contributed by atoms with Gasteiger partial charge >= 0.3 is 0 Å². The van der Waals surface area contributed by atoms with E-state index in [4.69, 9.17) is 15.2 Å². The Balaban J connectivity index is 2.86. The second-order valence-electron chi connectivity index (χ2n) is 4.17. The van der Waals surface area contributed by atoms with E-state index in [1.165, 1.54) is 13.2 Å². The molecule has 0 radical (unpaired) electrons. The Labute approximate surface area is 101 Å². The van der Waals surface area contributed by atoms with Crippen LogP contribution in [0.5, 0.6) is 5.75 Å². The molecule has 1 rings (SSSR count). The van der Waals surface area contributed by atoms with Crippen molar-refractivity contribution in [2.75, 3.05) is 32.7 Å². The van der Waals surface area contributed by atoms with Crippen LogP contribution in [0.25, 0.3) is 0 Å². The van der Waals surface area contributed by atoms with Crippen LogP contribution >= 0.6 is 0 Å². The molecule has 4 nitrogen and oxygen atoms in total. The minimum atomic E-state index is -0.391. The summed E-state index contributed by atoms with van der Waals surface area (Å²) in [5.41, 5.74) is 6.05. The van der Waals surface area contributed by atoms with E-state index in [1.807, 2.05) is 6.92 Å². The fourth-order valence-electron chi connectivity index (χ4n) is 1.55. The molecule has 0 aliphatic carbocycles. The lowest BCUT2D eigenvalue weighted by Crippen LogP contribution is -2.46. The van der Waals surface area contributed by atoms with E-state index in [-0.39, 0.29) is 11.6 Å². The molecule has 0 fully saturated rings. The first-order valence-corrected chi connectivity index (χ1v) is 5.35. The summed E-state index contributed by atoms with van der Waals surface area (Å²) in [7, 11) is 3.04. The number of anilines is 1. The third-order valence-electron chi connectivity index (χ3n) is 2.51. The fourth-order valence-corrected chi connectivity index (χ4v) is 1.55. The van der Waals surface area contributed by atoms with E-state index in [0.717, 1.165) is 5.69 Å². The minimum Gasteiger partial charge on any atom is -0.494 e. The number of halogens is 1. The van der Waals surface area contributed by atoms with Gasteiger partial charge in [0.15, 0.2) is 11.6 Å². The summed E-state index contributed by atoms with van der Waals surface area (Å²) in [5.74, 6) is -0.189. The molecule has 5 heteroatoms. The topological polar surface area (TPSA) is 56.5 Å². The number of nitrogens with two attached hydrogens (primary N) is 1. The Kier molecular flexibility index (Phi) is 4.72. The highest BCUT2D eigenvalue weighted by Gasteiger charge is 2.22. The zero-order valence-electron chi connectivity index (χ0n) is 10.4. The second kappa shape index (κ2) is 5.84. The fraction of sp³-hybridized carbons (Fsp3) is 0.500. The number of rotatable bonds is 6. The number of hydrogen-bond acceptors (Lipinski definition) is 4. The molecule has 1 aromatic carbocycles. The van der Waals surface area contributed by atoms with Crippen molar-refractivity contribution >= 4 is 5.69 Å². The highest BCUT2D eigenvalue weighted by molar-refractivity contribution is 5.50. The summed E-state index contributed by atoms with van der Waals surface area (Å²) in [6.45, 7) is 2.80. The minimum absolute atomic E-state index is 0.201. The molecule has 0 saturated heterocycles. The van der Waals surface area contributed by atoms with Gasteiger partial charge in [0.2, 0.25) is 0 Å². The molecule has 1 unspecified atom stereocenters. The molecule has 0 aliphatic heterocycles. The predicted molar refractivity (Wildman–Crippen MR) is 65.9 cm³/mol. The molecule has 0 spiro atoms. The zero-order valence-corrected chi connectivity index (χ0v) is 10.4. The maximum absolute atomic E-state index is 13.2. The van der Waals surface area contributed by atoms with Crippen LogP contribution in [-0.4, -0.2) is 32.9 Å². The summed E-state index contributed by atoms with van der Waals surface area (Å²) < 4.78 is 23.2. The van der Waals surface area contributed by atoms with Gasteiger partial charge in [-0.25, -0.2) is 4.39 Å². The Morgan fingerprint density at radius 1 is 1.41 bits per heavy atom. The van der Waals surface area contributed by atoms with Gasteiger partial charge in [-0.2, -0.15) is 0 Å². The molecule has 17 heavy (non-hydrogen) atoms. The quantitative estimate of drug-likeness (QED) is 0.795. The van der Waals surface area contributed by atoms with Crippen LogP contribution in [0.1, 0.15) is 6.92 Å². The third kappa shape index (κ3) is 3.57. The van der Waals surface area contributed by atoms with E-state index >= 15 is 0 Å². The first kappa shape index (κ1) is 13.7. The lowest BCUT2D eigenvalue weighted by atomic mass is 10.0. The summed E-state index contributed by atoms with van der Waals surface area (Å²) in [6.07, 6.45) is 0. The van der Waals surface area contributed by atoms with Crippen LogP contribution in [0.15, 0.2) is 18.2 Å². The molecule has 0 bridgehead atoms. The average molecular weight is 242 g/mol. The predicted octanol–water partition coefficient (Wildman–Crippen LogP) is 1.61. The molecule has 1 aromatic rings. The van der Waals surface area contributed by atoms with Crippen molar-refractivity contribution in [3.05, 3.63) is 24.0 Å². The van der Waals surface area contributed by atoms with Crippen molar-refractivity contribution in [3.63, 3.8) is 0 Å². The monoisotopic (exact) mass is 242 g/mol. The van der Waals surface area contributed by atoms with Crippen molar-refractivity contribution in [1.82, 2.24) is 0 Å². The molecule has 3 N–H and O–H groups in total. The number of methoxy groups -OCH3 is 2. The van der Waals surface area contributed by atoms with Crippen LogP contribution in [0, 0.1) is 5.82 Å².